The van der Waals surface area contributed by atoms with Gasteiger partial charge in [0, 0.05) is 240 Å². The number of likely N-dealkylation sites (N-methyl/N-ethyl adjacent to an activating group) is 2. The zero-order valence-corrected chi connectivity index (χ0v) is 85.1. The first-order chi connectivity index (χ1) is 67.5. The number of hydrogen-bond donors (Lipinski definition) is 4. The second-order valence-corrected chi connectivity index (χ2v) is 39.3. The molecule has 0 amide bonds. The van der Waals surface area contributed by atoms with Crippen molar-refractivity contribution in [2.45, 2.75) is 192 Å². The van der Waals surface area contributed by atoms with Gasteiger partial charge in [-0.3, -0.25) is 43.2 Å². The lowest BCUT2D eigenvalue weighted by Gasteiger charge is -2.20. The lowest BCUT2D eigenvalue weighted by atomic mass is 10.00. The zero-order chi connectivity index (χ0) is 101. The molecule has 10 aromatic carbocycles. The Morgan fingerprint density at radius 3 is 1.02 bits per heavy atom. The number of carbonyl (C=O) groups is 9. The topological polar surface area (TPSA) is 279 Å². The van der Waals surface area contributed by atoms with Crippen molar-refractivity contribution < 1.29 is 63.6 Å². The fourth-order valence-corrected chi connectivity index (χ4v) is 20.8. The molecule has 0 radical (unpaired) electrons. The summed E-state index contributed by atoms with van der Waals surface area (Å²) in [5.74, 6) is 0.460. The van der Waals surface area contributed by atoms with Crippen molar-refractivity contribution in [3.63, 3.8) is 0 Å². The number of carbonyl (C=O) groups excluding carboxylic acids is 9. The Morgan fingerprint density at radius 2 is 0.674 bits per heavy atom. The monoisotopic (exact) mass is 1900 g/mol. The van der Waals surface area contributed by atoms with Gasteiger partial charge in [0.15, 0.2) is 52.0 Å². The molecule has 2 saturated carbocycles. The molecule has 5 aromatic heterocycles. The summed E-state index contributed by atoms with van der Waals surface area (Å²) < 4.78 is 11.2. The molecule has 4 N–H and O–H groups in total. The van der Waals surface area contributed by atoms with E-state index in [1.165, 1.54) is 50.6 Å². The molecule has 24 nitrogen and oxygen atoms in total. The highest BCUT2D eigenvalue weighted by Gasteiger charge is 2.34. The summed E-state index contributed by atoms with van der Waals surface area (Å²) in [5, 5.41) is 51.5. The number of benzene rings is 10. The van der Waals surface area contributed by atoms with Crippen LogP contribution >= 0.6 is 0 Å². The Bertz CT molecular complexity index is 7230. The fraction of sp³-hybridized carbons (Fsp3) is 0.393. The maximum atomic E-state index is 12.7. The van der Waals surface area contributed by atoms with Gasteiger partial charge in [-0.05, 0) is 300 Å². The molecular weight excluding hydrogens is 1770 g/mol. The van der Waals surface area contributed by atoms with Crippen LogP contribution in [0, 0.1) is 11.8 Å². The van der Waals surface area contributed by atoms with Crippen molar-refractivity contribution in [1.82, 2.24) is 52.2 Å². The SMILES string of the molecule is C=C1c2ccc3c(c2CN1C)c1cc(C(C)=O)c(O)cc1n3CCCN(C)C.CC(=O)c1cc2c3cc(C(C)=O)c(O)cc3n(CCC3CCCN3C)c2cc1O.CCC(=O)c1ccc2c(c1)c1cc(C(=O)CC)ccc1n2CCCN(C)C.CCN(CC)CCn1c2ccc(C(=O)C3CC3)cc2c2cc(C(=O)C3CC3)ccc21.CCN(CC)CCn1c2ccc(C(C)=O)cc2c2cc(C(C)=O)c(O)cc21. The highest BCUT2D eigenvalue weighted by atomic mass is 16.3. The zero-order valence-electron chi connectivity index (χ0n) is 85.1. The van der Waals surface area contributed by atoms with Gasteiger partial charge >= 0.3 is 0 Å². The average Bonchev–Trinajstić information content (AvgIpc) is 1.56. The van der Waals surface area contributed by atoms with Crippen molar-refractivity contribution in [3.8, 4) is 23.0 Å². The summed E-state index contributed by atoms with van der Waals surface area (Å²) in [6, 6.07) is 48.4. The number of hydrogen-bond acceptors (Lipinski definition) is 19. The number of aromatic hydroxyl groups is 4. The molecule has 7 heterocycles. The van der Waals surface area contributed by atoms with Crippen molar-refractivity contribution in [2.24, 2.45) is 11.8 Å². The smallest absolute Gasteiger partial charge is 0.165 e. The number of Topliss-reactive ketones (excluding diaryl/α,β-unsaturated/α-hetero) is 9. The number of fused-ring (bicyclic) bond motifs is 17. The average molecular weight is 1910 g/mol. The van der Waals surface area contributed by atoms with Crippen LogP contribution in [0.4, 0.5) is 0 Å². The van der Waals surface area contributed by atoms with Crippen molar-refractivity contribution in [3.05, 3.63) is 219 Å². The second kappa shape index (κ2) is 43.5. The van der Waals surface area contributed by atoms with Crippen LogP contribution in [-0.4, -0.2) is 232 Å². The molecule has 2 aliphatic carbocycles. The lowest BCUT2D eigenvalue weighted by molar-refractivity contribution is 0.0960. The van der Waals surface area contributed by atoms with Gasteiger partial charge in [-0.25, -0.2) is 0 Å². The van der Waals surface area contributed by atoms with E-state index in [2.05, 4.69) is 177 Å². The Kier molecular flexibility index (Phi) is 31.5. The molecule has 4 aliphatic rings. The van der Waals surface area contributed by atoms with Gasteiger partial charge in [-0.2, -0.15) is 0 Å². The lowest BCUT2D eigenvalue weighted by Crippen LogP contribution is -2.26. The van der Waals surface area contributed by atoms with Crippen molar-refractivity contribution in [2.75, 3.05) is 101 Å². The fourth-order valence-electron chi connectivity index (χ4n) is 20.8. The number of aromatic nitrogens is 5. The largest absolute Gasteiger partial charge is 0.507 e. The van der Waals surface area contributed by atoms with Crippen LogP contribution in [-0.2, 0) is 39.3 Å². The molecule has 1 atom stereocenters. The molecule has 738 valence electrons. The van der Waals surface area contributed by atoms with E-state index in [0.717, 1.165) is 275 Å². The number of rotatable bonds is 34. The minimum absolute atomic E-state index is 0.00585. The first-order valence-corrected chi connectivity index (χ1v) is 50.3. The summed E-state index contributed by atoms with van der Waals surface area (Å²) in [6.45, 7) is 37.9. The highest BCUT2D eigenvalue weighted by Crippen LogP contribution is 2.46. The van der Waals surface area contributed by atoms with Gasteiger partial charge in [0.2, 0.25) is 0 Å². The normalized spacial score (nSPS) is 14.3. The quantitative estimate of drug-likeness (QED) is 0.0273. The standard InChI is InChI=1S/C26H30N2O2.C23H27N3O2.C23H26N2O4.C23H28N2O2.C22H26N2O3/c1-3-27(4-2)13-14-28-23-11-9-19(25(29)17-5-6-17)15-21(23)22-16-20(10-12-24(22)28)26(30)18-7-8-18;1-14-16-7-8-20-23(19(16)13-25(14)5)18-11-17(15(2)27)22(28)12-21(18)26(20)10-6-9-24(3)4;1-13(26)16-9-18-19-10-17(14(2)27)23(29)12-21(19)25(20(18)11-22(16)28)8-6-15-5-4-7-24(15)3;1-5-22(26)16-8-10-20-18(14-16)19-15-17(23(27)6-2)9-11-21(19)25(20)13-7-12-24(3)4;1-5-23(6-2)9-10-24-20-8-7-16(14(3)25)11-18(20)19-12-17(15(4)26)22(27)13-21(19)24/h9-12,15-18H,3-8,13-14H2,1-2H3;7-8,11-12,28H,1,6,9-10,13H2,2-5H3;9-12,15,28-29H,4-8H2,1-3H3;8-11,14-15H,5-7,12-13H2,1-4H3;7-8,11-13,27H,5-6,9-10H2,1-4H3. The molecule has 3 fully saturated rings. The third kappa shape index (κ3) is 21.4. The Morgan fingerprint density at radius 1 is 0.355 bits per heavy atom. The molecule has 0 bridgehead atoms. The van der Waals surface area contributed by atoms with Gasteiger partial charge in [0.05, 0.1) is 44.3 Å². The third-order valence-electron chi connectivity index (χ3n) is 29.3. The van der Waals surface area contributed by atoms with E-state index in [4.69, 9.17) is 0 Å². The summed E-state index contributed by atoms with van der Waals surface area (Å²) in [4.78, 5) is 123. The minimum Gasteiger partial charge on any atom is -0.507 e. The van der Waals surface area contributed by atoms with Crippen LogP contribution < -0.4 is 0 Å². The summed E-state index contributed by atoms with van der Waals surface area (Å²) in [6.07, 6.45) is 10.4. The number of phenolic OH excluding ortho intramolecular Hbond substituents is 4. The van der Waals surface area contributed by atoms with Crippen LogP contribution in [0.2, 0.25) is 0 Å². The van der Waals surface area contributed by atoms with Gasteiger partial charge in [-0.1, -0.05) is 54.2 Å². The number of aryl methyl sites for hydroxylation is 3. The maximum absolute atomic E-state index is 12.7. The van der Waals surface area contributed by atoms with E-state index in [1.54, 1.807) is 49.4 Å². The van der Waals surface area contributed by atoms with Gasteiger partial charge in [-0.15, -0.1) is 0 Å². The third-order valence-corrected chi connectivity index (χ3v) is 29.3. The Balaban J connectivity index is 0.000000133. The maximum Gasteiger partial charge on any atom is 0.165 e. The van der Waals surface area contributed by atoms with Gasteiger partial charge < -0.3 is 72.7 Å². The predicted molar refractivity (Wildman–Crippen MR) is 570 cm³/mol. The summed E-state index contributed by atoms with van der Waals surface area (Å²) in [5.41, 5.74) is 18.5. The number of ketones is 9. The number of likely N-dealkylation sites (tertiary alicyclic amines) is 1. The van der Waals surface area contributed by atoms with Crippen molar-refractivity contribution >= 4 is 167 Å². The van der Waals surface area contributed by atoms with Crippen LogP contribution in [0.5, 0.6) is 23.0 Å². The van der Waals surface area contributed by atoms with Gasteiger partial charge in [0.1, 0.15) is 23.0 Å². The van der Waals surface area contributed by atoms with E-state index in [0.29, 0.717) is 42.1 Å². The van der Waals surface area contributed by atoms with E-state index < -0.39 is 0 Å². The summed E-state index contributed by atoms with van der Waals surface area (Å²) in [7, 11) is 12.5. The molecule has 24 heteroatoms. The van der Waals surface area contributed by atoms with E-state index in [1.807, 2.05) is 74.5 Å². The molecule has 1 unspecified atom stereocenters. The van der Waals surface area contributed by atoms with Gasteiger partial charge in [0.25, 0.3) is 0 Å². The predicted octanol–water partition coefficient (Wildman–Crippen LogP) is 22.7. The van der Waals surface area contributed by atoms with Crippen LogP contribution in [0.25, 0.3) is 115 Å². The minimum atomic E-state index is -0.219. The highest BCUT2D eigenvalue weighted by molar-refractivity contribution is 6.20. The van der Waals surface area contributed by atoms with Crippen LogP contribution in [0.1, 0.15) is 251 Å². The number of phenols is 4. The molecular formula is C117H137N11O13. The number of nitrogens with zero attached hydrogens (tertiary/aromatic N) is 11. The Hall–Kier alpha value is -13.2. The van der Waals surface area contributed by atoms with Crippen molar-refractivity contribution in [1.29, 1.82) is 0 Å². The van der Waals surface area contributed by atoms with E-state index in [-0.39, 0.29) is 98.0 Å². The van der Waals surface area contributed by atoms with Crippen LogP contribution in [0.3, 0.4) is 0 Å². The second-order valence-electron chi connectivity index (χ2n) is 39.3. The molecule has 2 aliphatic heterocycles. The first-order valence-electron chi connectivity index (χ1n) is 50.3. The van der Waals surface area contributed by atoms with E-state index in [9.17, 15) is 63.6 Å². The Labute approximate surface area is 825 Å². The van der Waals surface area contributed by atoms with Crippen LogP contribution in [0.15, 0.2) is 158 Å². The molecule has 141 heavy (non-hydrogen) atoms. The van der Waals surface area contributed by atoms with E-state index >= 15 is 0 Å². The molecule has 0 spiro atoms. The molecule has 19 rings (SSSR count). The summed E-state index contributed by atoms with van der Waals surface area (Å²) >= 11 is 0. The molecule has 15 aromatic rings. The molecule has 1 saturated heterocycles. The first kappa shape index (κ1) is 102.